The Hall–Kier alpha value is -2.91. The van der Waals surface area contributed by atoms with Crippen molar-refractivity contribution in [1.82, 2.24) is 4.98 Å². The van der Waals surface area contributed by atoms with Gasteiger partial charge in [0.1, 0.15) is 0 Å². The van der Waals surface area contributed by atoms with Crippen LogP contribution >= 0.6 is 0 Å². The van der Waals surface area contributed by atoms with E-state index >= 15 is 0 Å². The first-order valence-corrected chi connectivity index (χ1v) is 9.71. The molecule has 2 aliphatic rings. The maximum absolute atomic E-state index is 13.4. The summed E-state index contributed by atoms with van der Waals surface area (Å²) in [6.07, 6.45) is 3.85. The van der Waals surface area contributed by atoms with Gasteiger partial charge in [-0.3, -0.25) is 9.78 Å². The number of hydrogen-bond acceptors (Lipinski definition) is 4. The van der Waals surface area contributed by atoms with E-state index in [9.17, 15) is 4.79 Å². The van der Waals surface area contributed by atoms with Crippen LogP contribution in [0.1, 0.15) is 37.9 Å². The molecule has 0 saturated carbocycles. The van der Waals surface area contributed by atoms with Gasteiger partial charge in [-0.25, -0.2) is 4.85 Å². The van der Waals surface area contributed by atoms with E-state index in [4.69, 9.17) is 12.3 Å². The van der Waals surface area contributed by atoms with Crippen molar-refractivity contribution in [3.63, 3.8) is 0 Å². The summed E-state index contributed by atoms with van der Waals surface area (Å²) in [6, 6.07) is 9.59. The van der Waals surface area contributed by atoms with Crippen molar-refractivity contribution >= 4 is 23.0 Å². The molecule has 144 valence electrons. The van der Waals surface area contributed by atoms with Gasteiger partial charge in [0.25, 0.3) is 0 Å². The Bertz CT molecular complexity index is 962. The maximum atomic E-state index is 13.4. The third-order valence-electron chi connectivity index (χ3n) is 5.78. The molecule has 0 unspecified atom stereocenters. The number of para-hydroxylation sites is 1. The van der Waals surface area contributed by atoms with Gasteiger partial charge in [-0.1, -0.05) is 24.3 Å². The summed E-state index contributed by atoms with van der Waals surface area (Å²) in [5, 5.41) is 0. The van der Waals surface area contributed by atoms with E-state index in [0.717, 1.165) is 48.6 Å². The third kappa shape index (κ3) is 2.92. The molecule has 6 nitrogen and oxygen atoms in total. The largest absolute Gasteiger partial charge is 0.368 e. The average Bonchev–Trinajstić information content (AvgIpc) is 2.89. The zero-order valence-electron chi connectivity index (χ0n) is 16.4. The fraction of sp³-hybridized carbons (Fsp3) is 0.409. The number of anilines is 2. The summed E-state index contributed by atoms with van der Waals surface area (Å²) < 4.78 is 0. The van der Waals surface area contributed by atoms with Gasteiger partial charge in [0.05, 0.1) is 29.1 Å². The zero-order valence-corrected chi connectivity index (χ0v) is 16.4. The Morgan fingerprint density at radius 1 is 1.32 bits per heavy atom. The minimum absolute atomic E-state index is 0.0172. The van der Waals surface area contributed by atoms with E-state index in [1.165, 1.54) is 0 Å². The van der Waals surface area contributed by atoms with Crippen LogP contribution in [0.15, 0.2) is 36.5 Å². The number of nitrogens with two attached hydrogens (primary N) is 1. The number of amides is 1. The number of benzene rings is 1. The molecule has 2 N–H and O–H groups in total. The van der Waals surface area contributed by atoms with Gasteiger partial charge in [-0.05, 0) is 38.3 Å². The zero-order chi connectivity index (χ0) is 19.9. The highest BCUT2D eigenvalue weighted by Crippen LogP contribution is 2.47. The average molecular weight is 375 g/mol. The second-order valence-corrected chi connectivity index (χ2v) is 8.13. The van der Waals surface area contributed by atoms with Crippen molar-refractivity contribution in [1.29, 1.82) is 0 Å². The highest BCUT2D eigenvalue weighted by atomic mass is 16.2. The van der Waals surface area contributed by atoms with Gasteiger partial charge in [-0.2, -0.15) is 0 Å². The smallest absolute Gasteiger partial charge is 0.239 e. The van der Waals surface area contributed by atoms with Crippen molar-refractivity contribution in [2.24, 2.45) is 5.73 Å². The van der Waals surface area contributed by atoms with E-state index in [0.29, 0.717) is 12.2 Å². The lowest BCUT2D eigenvalue weighted by molar-refractivity contribution is -0.122. The van der Waals surface area contributed by atoms with Crippen LogP contribution in [0.2, 0.25) is 0 Å². The molecular formula is C22H25N5O. The summed E-state index contributed by atoms with van der Waals surface area (Å²) in [6.45, 7) is 13.4. The Balaban J connectivity index is 1.80. The molecule has 3 heterocycles. The van der Waals surface area contributed by atoms with Gasteiger partial charge in [0, 0.05) is 31.9 Å². The van der Waals surface area contributed by atoms with Gasteiger partial charge in [0.15, 0.2) is 5.69 Å². The van der Waals surface area contributed by atoms with Crippen LogP contribution in [-0.2, 0) is 16.8 Å². The highest BCUT2D eigenvalue weighted by molar-refractivity contribution is 6.09. The van der Waals surface area contributed by atoms with Crippen LogP contribution in [0.5, 0.6) is 0 Å². The van der Waals surface area contributed by atoms with Gasteiger partial charge >= 0.3 is 0 Å². The first kappa shape index (κ1) is 18.5. The van der Waals surface area contributed by atoms with E-state index in [2.05, 4.69) is 14.7 Å². The number of hydrogen-bond donors (Lipinski definition) is 1. The number of piperidine rings is 1. The van der Waals surface area contributed by atoms with Crippen molar-refractivity contribution in [2.45, 2.75) is 44.7 Å². The van der Waals surface area contributed by atoms with Crippen molar-refractivity contribution < 1.29 is 4.79 Å². The highest BCUT2D eigenvalue weighted by Gasteiger charge is 2.47. The lowest BCUT2D eigenvalue weighted by Crippen LogP contribution is -2.43. The standard InChI is InChI=1S/C22H25N5O/c1-22(2)20-19(18(10-11-25-20)26-12-6-8-16(23)14-26)27(21(22)28)13-15-7-4-5-9-17(15)24-3/h4-5,7,9-11,16H,6,8,12-14,23H2,1-2H3/t16-/m1/s1. The van der Waals surface area contributed by atoms with Crippen LogP contribution in [0, 0.1) is 6.57 Å². The number of carbonyl (C=O) groups excluding carboxylic acids is 1. The Kier molecular flexibility index (Phi) is 4.56. The molecule has 0 aliphatic carbocycles. The van der Waals surface area contributed by atoms with Crippen molar-refractivity contribution in [3.8, 4) is 0 Å². The molecule has 2 aliphatic heterocycles. The SMILES string of the molecule is [C-]#[N+]c1ccccc1CN1C(=O)C(C)(C)c2nccc(N3CCC[C@@H](N)C3)c21. The molecule has 1 aromatic heterocycles. The van der Waals surface area contributed by atoms with Crippen molar-refractivity contribution in [3.05, 3.63) is 59.2 Å². The van der Waals surface area contributed by atoms with Gasteiger partial charge in [-0.15, -0.1) is 0 Å². The van der Waals surface area contributed by atoms with Crippen LogP contribution < -0.4 is 15.5 Å². The second kappa shape index (κ2) is 6.92. The first-order chi connectivity index (χ1) is 13.4. The maximum Gasteiger partial charge on any atom is 0.239 e. The van der Waals surface area contributed by atoms with Crippen LogP contribution in [0.4, 0.5) is 17.1 Å². The molecule has 0 bridgehead atoms. The molecule has 1 fully saturated rings. The van der Waals surface area contributed by atoms with Crippen molar-refractivity contribution in [2.75, 3.05) is 22.9 Å². The number of pyridine rings is 1. The number of aromatic nitrogens is 1. The molecule has 1 atom stereocenters. The number of fused-ring (bicyclic) bond motifs is 1. The quantitative estimate of drug-likeness (QED) is 0.835. The Labute approximate surface area is 165 Å². The van der Waals surface area contributed by atoms with Crippen LogP contribution in [0.25, 0.3) is 4.85 Å². The lowest BCUT2D eigenvalue weighted by Gasteiger charge is -2.35. The fourth-order valence-electron chi connectivity index (χ4n) is 4.27. The van der Waals surface area contributed by atoms with E-state index < -0.39 is 5.41 Å². The lowest BCUT2D eigenvalue weighted by atomic mass is 9.90. The van der Waals surface area contributed by atoms with E-state index in [-0.39, 0.29) is 11.9 Å². The Morgan fingerprint density at radius 2 is 2.11 bits per heavy atom. The number of rotatable bonds is 3. The molecule has 1 amide bonds. The fourth-order valence-corrected chi connectivity index (χ4v) is 4.27. The molecule has 6 heteroatoms. The van der Waals surface area contributed by atoms with E-state index in [1.807, 2.05) is 43.0 Å². The molecular weight excluding hydrogens is 350 g/mol. The number of nitrogens with zero attached hydrogens (tertiary/aromatic N) is 4. The molecule has 0 radical (unpaired) electrons. The summed E-state index contributed by atoms with van der Waals surface area (Å²) in [4.78, 5) is 25.6. The van der Waals surface area contributed by atoms with Gasteiger partial charge in [0.2, 0.25) is 5.91 Å². The summed E-state index contributed by atoms with van der Waals surface area (Å²) in [5.74, 6) is 0.0172. The molecule has 4 rings (SSSR count). The number of carbonyl (C=O) groups is 1. The predicted octanol–water partition coefficient (Wildman–Crippen LogP) is 3.38. The predicted molar refractivity (Wildman–Crippen MR) is 111 cm³/mol. The minimum atomic E-state index is -0.698. The first-order valence-electron chi connectivity index (χ1n) is 9.71. The topological polar surface area (TPSA) is 66.8 Å². The second-order valence-electron chi connectivity index (χ2n) is 8.13. The molecule has 0 spiro atoms. The summed E-state index contributed by atoms with van der Waals surface area (Å²) >= 11 is 0. The monoisotopic (exact) mass is 375 g/mol. The van der Waals surface area contributed by atoms with Gasteiger partial charge < -0.3 is 15.5 Å². The van der Waals surface area contributed by atoms with Crippen LogP contribution in [0.3, 0.4) is 0 Å². The molecule has 2 aromatic rings. The summed E-state index contributed by atoms with van der Waals surface area (Å²) in [7, 11) is 0. The molecule has 1 saturated heterocycles. The molecule has 1 aromatic carbocycles. The summed E-state index contributed by atoms with van der Waals surface area (Å²) in [5.41, 5.74) is 9.62. The molecule has 28 heavy (non-hydrogen) atoms. The normalized spacial score (nSPS) is 20.8. The Morgan fingerprint density at radius 3 is 2.86 bits per heavy atom. The minimum Gasteiger partial charge on any atom is -0.368 e. The van der Waals surface area contributed by atoms with E-state index in [1.54, 1.807) is 12.3 Å². The third-order valence-corrected chi connectivity index (χ3v) is 5.78. The van der Waals surface area contributed by atoms with Crippen LogP contribution in [-0.4, -0.2) is 30.0 Å².